The van der Waals surface area contributed by atoms with Crippen LogP contribution in [0.2, 0.25) is 0 Å². The Morgan fingerprint density at radius 2 is 1.78 bits per heavy atom. The summed E-state index contributed by atoms with van der Waals surface area (Å²) in [5.41, 5.74) is 8.01. The van der Waals surface area contributed by atoms with E-state index in [2.05, 4.69) is 40.7 Å². The van der Waals surface area contributed by atoms with Gasteiger partial charge in [0.2, 0.25) is 0 Å². The first kappa shape index (κ1) is 29.0. The second kappa shape index (κ2) is 10.5. The number of hydrogen-bond donors (Lipinski definition) is 2. The molecule has 212 valence electrons. The molecular weight excluding hydrogens is 456 g/mol. The average molecular weight is 515 g/mol. The van der Waals surface area contributed by atoms with E-state index in [1.54, 1.807) is 10.5 Å². The van der Waals surface area contributed by atoms with Gasteiger partial charge in [0.15, 0.2) is 0 Å². The summed E-state index contributed by atoms with van der Waals surface area (Å²) >= 11 is 0. The highest BCUT2D eigenvalue weighted by Gasteiger charge is 2.59. The van der Waals surface area contributed by atoms with Gasteiger partial charge in [-0.2, -0.15) is 0 Å². The molecule has 0 bridgehead atoms. The largest absolute Gasteiger partial charge is 0.465 e. The van der Waals surface area contributed by atoms with Gasteiger partial charge < -0.3 is 10.8 Å². The summed E-state index contributed by atoms with van der Waals surface area (Å²) in [6.07, 6.45) is 15.7. The zero-order chi connectivity index (χ0) is 27.3. The second-order valence-electron chi connectivity index (χ2n) is 15.3. The molecule has 9 atom stereocenters. The van der Waals surface area contributed by atoms with Crippen LogP contribution < -0.4 is 5.73 Å². The highest BCUT2D eigenvalue weighted by atomic mass is 16.4. The molecule has 0 saturated heterocycles. The smallest absolute Gasteiger partial charge is 0.408 e. The number of nitrogens with zero attached hydrogens (tertiary/aromatic N) is 1. The van der Waals surface area contributed by atoms with E-state index in [9.17, 15) is 9.90 Å². The Labute approximate surface area is 228 Å². The van der Waals surface area contributed by atoms with Crippen molar-refractivity contribution in [3.05, 3.63) is 11.6 Å². The third kappa shape index (κ3) is 5.03. The first-order chi connectivity index (χ1) is 17.2. The first-order valence-electron chi connectivity index (χ1n) is 15.7. The molecule has 1 unspecified atom stereocenters. The van der Waals surface area contributed by atoms with Crippen molar-refractivity contribution in [2.45, 2.75) is 144 Å². The van der Waals surface area contributed by atoms with Gasteiger partial charge in [0.1, 0.15) is 0 Å². The van der Waals surface area contributed by atoms with Gasteiger partial charge in [0.25, 0.3) is 0 Å². The van der Waals surface area contributed by atoms with Crippen molar-refractivity contribution < 1.29 is 9.90 Å². The van der Waals surface area contributed by atoms with Gasteiger partial charge in [0.05, 0.1) is 5.54 Å². The lowest BCUT2D eigenvalue weighted by Crippen LogP contribution is -2.62. The molecule has 3 saturated carbocycles. The van der Waals surface area contributed by atoms with Crippen molar-refractivity contribution in [3.8, 4) is 0 Å². The molecule has 0 aromatic rings. The van der Waals surface area contributed by atoms with E-state index < -0.39 is 11.6 Å². The lowest BCUT2D eigenvalue weighted by atomic mass is 9.46. The fraction of sp³-hybridized carbons (Fsp3) is 0.909. The molecule has 3 N–H and O–H groups in total. The number of amides is 1. The van der Waals surface area contributed by atoms with Crippen molar-refractivity contribution in [2.24, 2.45) is 52.1 Å². The second-order valence-corrected chi connectivity index (χ2v) is 15.3. The van der Waals surface area contributed by atoms with E-state index in [0.29, 0.717) is 5.41 Å². The van der Waals surface area contributed by atoms with Gasteiger partial charge in [0, 0.05) is 12.1 Å². The molecule has 4 rings (SSSR count). The fourth-order valence-corrected chi connectivity index (χ4v) is 9.98. The number of nitrogens with two attached hydrogens (primary N) is 1. The molecule has 37 heavy (non-hydrogen) atoms. The standard InChI is InChI=1S/C33H58N2O2/c1-21(2)10-9-11-22(3)27-14-15-28-26-13-12-24-20-25(35(30(36)37)31(5,6)23(4)34)16-18-32(24,7)29(26)17-19-33(27,28)8/h12,21-23,25-29H,9-11,13-20,34H2,1-8H3,(H,36,37)/t22-,23?,25+,26+,27-,28+,29+,32+,33-/m1/s1. The van der Waals surface area contributed by atoms with E-state index in [1.807, 2.05) is 20.8 Å². The van der Waals surface area contributed by atoms with Crippen LogP contribution in [0.15, 0.2) is 11.6 Å². The highest BCUT2D eigenvalue weighted by Crippen LogP contribution is 2.67. The maximum atomic E-state index is 12.4. The fourth-order valence-electron chi connectivity index (χ4n) is 9.98. The monoisotopic (exact) mass is 514 g/mol. The number of carbonyl (C=O) groups is 1. The zero-order valence-corrected chi connectivity index (χ0v) is 25.4. The highest BCUT2D eigenvalue weighted by molar-refractivity contribution is 5.67. The minimum atomic E-state index is -0.821. The predicted molar refractivity (Wildman–Crippen MR) is 154 cm³/mol. The van der Waals surface area contributed by atoms with Crippen LogP contribution in [0, 0.1) is 46.3 Å². The van der Waals surface area contributed by atoms with Crippen LogP contribution in [0.5, 0.6) is 0 Å². The van der Waals surface area contributed by atoms with E-state index >= 15 is 0 Å². The third-order valence-corrected chi connectivity index (χ3v) is 12.6. The van der Waals surface area contributed by atoms with Crippen LogP contribution in [0.3, 0.4) is 0 Å². The number of rotatable bonds is 8. The van der Waals surface area contributed by atoms with Gasteiger partial charge in [-0.05, 0) is 118 Å². The number of allylic oxidation sites excluding steroid dienone is 1. The van der Waals surface area contributed by atoms with Gasteiger partial charge in [-0.1, -0.05) is 65.5 Å². The molecule has 0 radical (unpaired) electrons. The van der Waals surface area contributed by atoms with Crippen LogP contribution in [0.4, 0.5) is 4.79 Å². The molecule has 0 aliphatic heterocycles. The average Bonchev–Trinajstić information content (AvgIpc) is 3.15. The summed E-state index contributed by atoms with van der Waals surface area (Å²) in [5, 5.41) is 10.2. The zero-order valence-electron chi connectivity index (χ0n) is 25.4. The summed E-state index contributed by atoms with van der Waals surface area (Å²) in [6, 6.07) is -0.175. The van der Waals surface area contributed by atoms with Crippen molar-refractivity contribution in [1.29, 1.82) is 0 Å². The first-order valence-corrected chi connectivity index (χ1v) is 15.7. The Morgan fingerprint density at radius 1 is 1.08 bits per heavy atom. The Morgan fingerprint density at radius 3 is 2.41 bits per heavy atom. The Bertz CT molecular complexity index is 862. The van der Waals surface area contributed by atoms with Gasteiger partial charge in [-0.3, -0.25) is 4.90 Å². The minimum absolute atomic E-state index is 0.0331. The van der Waals surface area contributed by atoms with E-state index in [0.717, 1.165) is 54.8 Å². The Balaban J connectivity index is 1.50. The maximum absolute atomic E-state index is 12.4. The van der Waals surface area contributed by atoms with Gasteiger partial charge >= 0.3 is 6.09 Å². The number of carboxylic acid groups (broad SMARTS) is 1. The third-order valence-electron chi connectivity index (χ3n) is 12.6. The van der Waals surface area contributed by atoms with Gasteiger partial charge in [-0.25, -0.2) is 4.79 Å². The molecule has 4 heteroatoms. The molecule has 0 heterocycles. The van der Waals surface area contributed by atoms with Crippen LogP contribution in [0.25, 0.3) is 0 Å². The van der Waals surface area contributed by atoms with E-state index in [1.165, 1.54) is 51.4 Å². The number of fused-ring (bicyclic) bond motifs is 5. The Hall–Kier alpha value is -1.03. The van der Waals surface area contributed by atoms with E-state index in [4.69, 9.17) is 5.73 Å². The summed E-state index contributed by atoms with van der Waals surface area (Å²) in [4.78, 5) is 14.1. The lowest BCUT2D eigenvalue weighted by Gasteiger charge is -2.59. The topological polar surface area (TPSA) is 66.6 Å². The summed E-state index contributed by atoms with van der Waals surface area (Å²) in [6.45, 7) is 18.4. The maximum Gasteiger partial charge on any atom is 0.408 e. The summed E-state index contributed by atoms with van der Waals surface area (Å²) < 4.78 is 0. The van der Waals surface area contributed by atoms with Crippen molar-refractivity contribution >= 4 is 6.09 Å². The molecule has 4 aliphatic carbocycles. The van der Waals surface area contributed by atoms with Crippen LogP contribution in [-0.4, -0.2) is 33.7 Å². The van der Waals surface area contributed by atoms with Crippen molar-refractivity contribution in [3.63, 3.8) is 0 Å². The predicted octanol–water partition coefficient (Wildman–Crippen LogP) is 8.50. The summed E-state index contributed by atoms with van der Waals surface area (Å²) in [7, 11) is 0. The minimum Gasteiger partial charge on any atom is -0.465 e. The molecule has 4 aliphatic rings. The molecular formula is C33H58N2O2. The van der Waals surface area contributed by atoms with E-state index in [-0.39, 0.29) is 17.5 Å². The van der Waals surface area contributed by atoms with Crippen molar-refractivity contribution in [2.75, 3.05) is 0 Å². The Kier molecular flexibility index (Phi) is 8.23. The quantitative estimate of drug-likeness (QED) is 0.319. The van der Waals surface area contributed by atoms with Crippen LogP contribution in [-0.2, 0) is 0 Å². The molecule has 0 aromatic carbocycles. The van der Waals surface area contributed by atoms with Gasteiger partial charge in [-0.15, -0.1) is 0 Å². The summed E-state index contributed by atoms with van der Waals surface area (Å²) in [5.74, 6) is 5.00. The normalized spacial score (nSPS) is 39.3. The van der Waals surface area contributed by atoms with Crippen LogP contribution in [0.1, 0.15) is 126 Å². The molecule has 0 aromatic heterocycles. The SMILES string of the molecule is CC(C)CCC[C@@H](C)[C@H]1CC[C@H]2[C@@H]3CC=C4C[C@@H](N(C(=O)O)C(C)(C)C(C)N)CC[C@]4(C)[C@H]3CC[C@]12C. The number of hydrogen-bond acceptors (Lipinski definition) is 2. The molecule has 0 spiro atoms. The molecule has 4 nitrogen and oxygen atoms in total. The van der Waals surface area contributed by atoms with Crippen LogP contribution >= 0.6 is 0 Å². The lowest BCUT2D eigenvalue weighted by molar-refractivity contribution is -0.0574. The molecule has 3 fully saturated rings. The molecule has 1 amide bonds. The van der Waals surface area contributed by atoms with Crippen molar-refractivity contribution in [1.82, 2.24) is 4.90 Å².